The first kappa shape index (κ1) is 17.3. The summed E-state index contributed by atoms with van der Waals surface area (Å²) in [5.74, 6) is 0.665. The molecule has 1 aromatic heterocycles. The molecule has 4 rings (SSSR count). The molecule has 0 saturated carbocycles. The first-order valence-electron chi connectivity index (χ1n) is 9.05. The van der Waals surface area contributed by atoms with E-state index in [0.717, 1.165) is 11.1 Å². The minimum absolute atomic E-state index is 0.00103. The van der Waals surface area contributed by atoms with Crippen LogP contribution in [0.3, 0.4) is 0 Å². The van der Waals surface area contributed by atoms with E-state index in [2.05, 4.69) is 0 Å². The monoisotopic (exact) mass is 356 g/mol. The standard InChI is InChI=1S/C24H20O3/c25-24-20-13-7-8-14-21(20)27-22(23(24)19-11-5-2-6-12-19)15-16-26-17-18-9-3-1-4-10-18/h1-14H,15-17H2. The first-order chi connectivity index (χ1) is 13.3. The molecule has 0 unspecified atom stereocenters. The highest BCUT2D eigenvalue weighted by Crippen LogP contribution is 2.25. The van der Waals surface area contributed by atoms with Gasteiger partial charge in [-0.25, -0.2) is 0 Å². The third-order valence-corrected chi connectivity index (χ3v) is 4.52. The Balaban J connectivity index is 1.63. The van der Waals surface area contributed by atoms with Crippen LogP contribution in [0.15, 0.2) is 94.1 Å². The summed E-state index contributed by atoms with van der Waals surface area (Å²) in [7, 11) is 0. The van der Waals surface area contributed by atoms with E-state index in [1.165, 1.54) is 0 Å². The summed E-state index contributed by atoms with van der Waals surface area (Å²) in [4.78, 5) is 13.1. The fourth-order valence-corrected chi connectivity index (χ4v) is 3.19. The Kier molecular flexibility index (Phi) is 5.13. The van der Waals surface area contributed by atoms with Crippen molar-refractivity contribution in [1.82, 2.24) is 0 Å². The molecule has 0 aliphatic carbocycles. The van der Waals surface area contributed by atoms with E-state index < -0.39 is 0 Å². The maximum absolute atomic E-state index is 13.1. The lowest BCUT2D eigenvalue weighted by molar-refractivity contribution is 0.120. The molecule has 0 bridgehead atoms. The van der Waals surface area contributed by atoms with Crippen LogP contribution in [0.1, 0.15) is 11.3 Å². The maximum Gasteiger partial charge on any atom is 0.200 e. The molecule has 0 N–H and O–H groups in total. The van der Waals surface area contributed by atoms with E-state index in [0.29, 0.717) is 41.9 Å². The number of para-hydroxylation sites is 1. The van der Waals surface area contributed by atoms with Gasteiger partial charge in [-0.05, 0) is 23.3 Å². The van der Waals surface area contributed by atoms with Crippen molar-refractivity contribution in [3.8, 4) is 11.1 Å². The molecular formula is C24H20O3. The van der Waals surface area contributed by atoms with Crippen LogP contribution in [-0.2, 0) is 17.8 Å². The minimum atomic E-state index is 0.00103. The average Bonchev–Trinajstić information content (AvgIpc) is 2.73. The summed E-state index contributed by atoms with van der Waals surface area (Å²) in [6.07, 6.45) is 0.539. The van der Waals surface area contributed by atoms with Gasteiger partial charge in [0, 0.05) is 6.42 Å². The van der Waals surface area contributed by atoms with E-state index in [9.17, 15) is 4.79 Å². The summed E-state index contributed by atoms with van der Waals surface area (Å²) in [6, 6.07) is 27.1. The largest absolute Gasteiger partial charge is 0.460 e. The molecular weight excluding hydrogens is 336 g/mol. The Labute approximate surface area is 157 Å². The van der Waals surface area contributed by atoms with Gasteiger partial charge < -0.3 is 9.15 Å². The van der Waals surface area contributed by atoms with Gasteiger partial charge in [-0.15, -0.1) is 0 Å². The smallest absolute Gasteiger partial charge is 0.200 e. The van der Waals surface area contributed by atoms with Crippen LogP contribution in [-0.4, -0.2) is 6.61 Å². The van der Waals surface area contributed by atoms with E-state index in [4.69, 9.17) is 9.15 Å². The zero-order valence-electron chi connectivity index (χ0n) is 14.9. The molecule has 0 aliphatic rings. The van der Waals surface area contributed by atoms with Crippen molar-refractivity contribution in [2.45, 2.75) is 13.0 Å². The first-order valence-corrected chi connectivity index (χ1v) is 9.05. The van der Waals surface area contributed by atoms with Crippen molar-refractivity contribution < 1.29 is 9.15 Å². The predicted molar refractivity (Wildman–Crippen MR) is 108 cm³/mol. The summed E-state index contributed by atoms with van der Waals surface area (Å²) in [5, 5.41) is 0.602. The number of fused-ring (bicyclic) bond motifs is 1. The zero-order valence-corrected chi connectivity index (χ0v) is 14.9. The van der Waals surface area contributed by atoms with Gasteiger partial charge in [-0.2, -0.15) is 0 Å². The van der Waals surface area contributed by atoms with Crippen LogP contribution in [0, 0.1) is 0 Å². The second-order valence-corrected chi connectivity index (χ2v) is 6.38. The summed E-state index contributed by atoms with van der Waals surface area (Å²) in [5.41, 5.74) is 3.23. The summed E-state index contributed by atoms with van der Waals surface area (Å²) < 4.78 is 11.9. The van der Waals surface area contributed by atoms with Crippen molar-refractivity contribution in [2.75, 3.05) is 6.61 Å². The quantitative estimate of drug-likeness (QED) is 0.445. The highest BCUT2D eigenvalue weighted by Gasteiger charge is 2.15. The van der Waals surface area contributed by atoms with Crippen molar-refractivity contribution in [2.24, 2.45) is 0 Å². The number of hydrogen-bond acceptors (Lipinski definition) is 3. The Morgan fingerprint density at radius 2 is 1.44 bits per heavy atom. The molecule has 134 valence electrons. The molecule has 0 radical (unpaired) electrons. The van der Waals surface area contributed by atoms with Gasteiger partial charge in [-0.3, -0.25) is 4.79 Å². The molecule has 0 aliphatic heterocycles. The molecule has 3 heteroatoms. The minimum Gasteiger partial charge on any atom is -0.460 e. The van der Waals surface area contributed by atoms with Gasteiger partial charge in [0.2, 0.25) is 5.43 Å². The Hall–Kier alpha value is -3.17. The average molecular weight is 356 g/mol. The van der Waals surface area contributed by atoms with Crippen LogP contribution < -0.4 is 5.43 Å². The molecule has 3 nitrogen and oxygen atoms in total. The lowest BCUT2D eigenvalue weighted by Crippen LogP contribution is -2.11. The highest BCUT2D eigenvalue weighted by molar-refractivity contribution is 5.82. The lowest BCUT2D eigenvalue weighted by Gasteiger charge is -2.11. The summed E-state index contributed by atoms with van der Waals surface area (Å²) >= 11 is 0. The number of rotatable bonds is 6. The van der Waals surface area contributed by atoms with E-state index in [1.807, 2.05) is 84.9 Å². The molecule has 0 atom stereocenters. The zero-order chi connectivity index (χ0) is 18.5. The maximum atomic E-state index is 13.1. The van der Waals surface area contributed by atoms with Crippen LogP contribution in [0.4, 0.5) is 0 Å². The lowest BCUT2D eigenvalue weighted by atomic mass is 10.0. The SMILES string of the molecule is O=c1c(-c2ccccc2)c(CCOCc2ccccc2)oc2ccccc12. The van der Waals surface area contributed by atoms with Crippen LogP contribution in [0.2, 0.25) is 0 Å². The van der Waals surface area contributed by atoms with E-state index >= 15 is 0 Å². The van der Waals surface area contributed by atoms with Gasteiger partial charge in [0.15, 0.2) is 0 Å². The Morgan fingerprint density at radius 1 is 0.778 bits per heavy atom. The molecule has 1 heterocycles. The molecule has 4 aromatic rings. The highest BCUT2D eigenvalue weighted by atomic mass is 16.5. The number of hydrogen-bond donors (Lipinski definition) is 0. The van der Waals surface area contributed by atoms with Gasteiger partial charge in [0.25, 0.3) is 0 Å². The molecule has 3 aromatic carbocycles. The van der Waals surface area contributed by atoms with Gasteiger partial charge in [-0.1, -0.05) is 72.8 Å². The second kappa shape index (κ2) is 8.02. The molecule has 0 saturated heterocycles. The Bertz CT molecular complexity index is 1080. The van der Waals surface area contributed by atoms with E-state index in [-0.39, 0.29) is 5.43 Å². The van der Waals surface area contributed by atoms with Crippen molar-refractivity contribution >= 4 is 11.0 Å². The number of ether oxygens (including phenoxy) is 1. The normalized spacial score (nSPS) is 11.0. The van der Waals surface area contributed by atoms with Gasteiger partial charge in [0.1, 0.15) is 11.3 Å². The van der Waals surface area contributed by atoms with Gasteiger partial charge in [0.05, 0.1) is 24.2 Å². The number of benzene rings is 3. The van der Waals surface area contributed by atoms with Crippen LogP contribution in [0.5, 0.6) is 0 Å². The van der Waals surface area contributed by atoms with E-state index in [1.54, 1.807) is 0 Å². The Morgan fingerprint density at radius 3 is 2.22 bits per heavy atom. The second-order valence-electron chi connectivity index (χ2n) is 6.38. The fourth-order valence-electron chi connectivity index (χ4n) is 3.19. The van der Waals surface area contributed by atoms with Crippen LogP contribution >= 0.6 is 0 Å². The third-order valence-electron chi connectivity index (χ3n) is 4.52. The van der Waals surface area contributed by atoms with Crippen molar-refractivity contribution in [3.63, 3.8) is 0 Å². The molecule has 0 spiro atoms. The molecule has 0 amide bonds. The van der Waals surface area contributed by atoms with Crippen molar-refractivity contribution in [3.05, 3.63) is 106 Å². The fraction of sp³-hybridized carbons (Fsp3) is 0.125. The predicted octanol–water partition coefficient (Wildman–Crippen LogP) is 5.22. The van der Waals surface area contributed by atoms with Gasteiger partial charge >= 0.3 is 0 Å². The topological polar surface area (TPSA) is 39.4 Å². The molecule has 27 heavy (non-hydrogen) atoms. The third kappa shape index (κ3) is 3.83. The van der Waals surface area contributed by atoms with Crippen molar-refractivity contribution in [1.29, 1.82) is 0 Å². The molecule has 0 fully saturated rings. The van der Waals surface area contributed by atoms with Crippen LogP contribution in [0.25, 0.3) is 22.1 Å². The summed E-state index contributed by atoms with van der Waals surface area (Å²) in [6.45, 7) is 1.02.